The highest BCUT2D eigenvalue weighted by atomic mass is 16.6. The molecule has 0 aromatic heterocycles. The third-order valence-corrected chi connectivity index (χ3v) is 8.24. The molecule has 35 heavy (non-hydrogen) atoms. The van der Waals surface area contributed by atoms with Gasteiger partial charge in [-0.05, 0) is 69.1 Å². The van der Waals surface area contributed by atoms with Crippen LogP contribution in [0.2, 0.25) is 0 Å². The SMILES string of the molecule is COc1ccc(CN2CCC3(CC2)CC(CCN2CCN(c4ccc(C)cc4)CC2)OC3=O)cc1. The Morgan fingerprint density at radius 2 is 1.60 bits per heavy atom. The normalized spacial score (nSPS) is 23.0. The van der Waals surface area contributed by atoms with E-state index in [-0.39, 0.29) is 17.5 Å². The largest absolute Gasteiger partial charge is 0.497 e. The van der Waals surface area contributed by atoms with E-state index < -0.39 is 0 Å². The molecule has 0 bridgehead atoms. The van der Waals surface area contributed by atoms with Crippen molar-refractivity contribution >= 4 is 11.7 Å². The highest BCUT2D eigenvalue weighted by molar-refractivity contribution is 5.79. The summed E-state index contributed by atoms with van der Waals surface area (Å²) < 4.78 is 11.2. The molecule has 6 heteroatoms. The van der Waals surface area contributed by atoms with E-state index in [1.54, 1.807) is 7.11 Å². The van der Waals surface area contributed by atoms with Crippen LogP contribution in [-0.4, -0.2) is 74.8 Å². The molecular formula is C29H39N3O3. The number of benzene rings is 2. The number of ether oxygens (including phenoxy) is 2. The van der Waals surface area contributed by atoms with E-state index >= 15 is 0 Å². The molecule has 0 aliphatic carbocycles. The first-order valence-electron chi connectivity index (χ1n) is 13.1. The number of hydrogen-bond donors (Lipinski definition) is 0. The fraction of sp³-hybridized carbons (Fsp3) is 0.552. The van der Waals surface area contributed by atoms with Crippen LogP contribution in [0.1, 0.15) is 36.8 Å². The standard InChI is InChI=1S/C29H39N3O3/c1-23-3-7-25(8-4-23)32-19-17-30(18-20-32)14-11-27-21-29(28(33)35-27)12-15-31(16-13-29)22-24-5-9-26(34-2)10-6-24/h3-10,27H,11-22H2,1-2H3. The Kier molecular flexibility index (Phi) is 7.30. The lowest BCUT2D eigenvalue weighted by Crippen LogP contribution is -2.47. The van der Waals surface area contributed by atoms with Crippen molar-refractivity contribution in [1.29, 1.82) is 0 Å². The minimum Gasteiger partial charge on any atom is -0.497 e. The number of rotatable bonds is 7. The van der Waals surface area contributed by atoms with Crippen LogP contribution in [0.25, 0.3) is 0 Å². The Labute approximate surface area is 209 Å². The number of methoxy groups -OCH3 is 1. The van der Waals surface area contributed by atoms with E-state index in [0.717, 1.165) is 83.8 Å². The summed E-state index contributed by atoms with van der Waals surface area (Å²) in [5.74, 6) is 0.940. The molecule has 3 heterocycles. The lowest BCUT2D eigenvalue weighted by molar-refractivity contribution is -0.151. The Morgan fingerprint density at radius 3 is 2.26 bits per heavy atom. The Balaban J connectivity index is 1.05. The molecule has 6 nitrogen and oxygen atoms in total. The average Bonchev–Trinajstić information content (AvgIpc) is 3.20. The fourth-order valence-electron chi connectivity index (χ4n) is 5.85. The Hall–Kier alpha value is -2.57. The first-order valence-corrected chi connectivity index (χ1v) is 13.1. The van der Waals surface area contributed by atoms with E-state index in [2.05, 4.69) is 58.0 Å². The molecule has 3 saturated heterocycles. The van der Waals surface area contributed by atoms with E-state index in [4.69, 9.17) is 9.47 Å². The number of carbonyl (C=O) groups is 1. The zero-order valence-corrected chi connectivity index (χ0v) is 21.2. The number of piperidine rings is 1. The van der Waals surface area contributed by atoms with Gasteiger partial charge >= 0.3 is 5.97 Å². The first-order chi connectivity index (χ1) is 17.0. The van der Waals surface area contributed by atoms with Gasteiger partial charge in [0.1, 0.15) is 11.9 Å². The second-order valence-electron chi connectivity index (χ2n) is 10.6. The maximum Gasteiger partial charge on any atom is 0.312 e. The maximum atomic E-state index is 12.9. The fourth-order valence-corrected chi connectivity index (χ4v) is 5.85. The van der Waals surface area contributed by atoms with Gasteiger partial charge in [-0.1, -0.05) is 29.8 Å². The molecule has 5 rings (SSSR count). The topological polar surface area (TPSA) is 45.2 Å². The zero-order valence-electron chi connectivity index (χ0n) is 21.2. The molecule has 1 unspecified atom stereocenters. The van der Waals surface area contributed by atoms with Crippen LogP contribution in [0.15, 0.2) is 48.5 Å². The minimum atomic E-state index is -0.259. The lowest BCUT2D eigenvalue weighted by Gasteiger charge is -2.37. The predicted octanol–water partition coefficient (Wildman–Crippen LogP) is 4.11. The highest BCUT2D eigenvalue weighted by Gasteiger charge is 2.50. The molecule has 0 saturated carbocycles. The summed E-state index contributed by atoms with van der Waals surface area (Å²) in [7, 11) is 1.69. The molecule has 0 radical (unpaired) electrons. The van der Waals surface area contributed by atoms with Gasteiger partial charge in [-0.15, -0.1) is 0 Å². The third kappa shape index (κ3) is 5.65. The number of aryl methyl sites for hydroxylation is 1. The number of cyclic esters (lactones) is 1. The number of likely N-dealkylation sites (tertiary alicyclic amines) is 1. The van der Waals surface area contributed by atoms with Gasteiger partial charge in [-0.2, -0.15) is 0 Å². The molecule has 2 aromatic rings. The molecule has 3 fully saturated rings. The van der Waals surface area contributed by atoms with Crippen molar-refractivity contribution in [3.63, 3.8) is 0 Å². The summed E-state index contributed by atoms with van der Waals surface area (Å²) in [6.07, 6.45) is 3.74. The van der Waals surface area contributed by atoms with Crippen LogP contribution >= 0.6 is 0 Å². The lowest BCUT2D eigenvalue weighted by atomic mass is 9.75. The molecule has 3 aliphatic rings. The molecule has 0 N–H and O–H groups in total. The van der Waals surface area contributed by atoms with Crippen molar-refractivity contribution in [2.75, 3.05) is 57.8 Å². The molecule has 2 aromatic carbocycles. The monoisotopic (exact) mass is 477 g/mol. The van der Waals surface area contributed by atoms with Gasteiger partial charge in [-0.3, -0.25) is 14.6 Å². The highest BCUT2D eigenvalue weighted by Crippen LogP contribution is 2.44. The summed E-state index contributed by atoms with van der Waals surface area (Å²) >= 11 is 0. The van der Waals surface area contributed by atoms with E-state index in [9.17, 15) is 4.79 Å². The quantitative estimate of drug-likeness (QED) is 0.559. The van der Waals surface area contributed by atoms with Crippen molar-refractivity contribution < 1.29 is 14.3 Å². The van der Waals surface area contributed by atoms with Gasteiger partial charge in [0, 0.05) is 51.4 Å². The van der Waals surface area contributed by atoms with Crippen LogP contribution < -0.4 is 9.64 Å². The van der Waals surface area contributed by atoms with Gasteiger partial charge in [0.15, 0.2) is 0 Å². The van der Waals surface area contributed by atoms with Crippen LogP contribution in [0, 0.1) is 12.3 Å². The number of esters is 1. The van der Waals surface area contributed by atoms with E-state index in [1.165, 1.54) is 16.8 Å². The molecule has 3 aliphatic heterocycles. The summed E-state index contributed by atoms with van der Waals surface area (Å²) in [6, 6.07) is 17.1. The molecule has 1 spiro atoms. The second-order valence-corrected chi connectivity index (χ2v) is 10.6. The van der Waals surface area contributed by atoms with Crippen molar-refractivity contribution in [2.24, 2.45) is 5.41 Å². The van der Waals surface area contributed by atoms with Crippen LogP contribution in [0.3, 0.4) is 0 Å². The number of hydrogen-bond acceptors (Lipinski definition) is 6. The van der Waals surface area contributed by atoms with E-state index in [0.29, 0.717) is 0 Å². The second kappa shape index (κ2) is 10.6. The van der Waals surface area contributed by atoms with E-state index in [1.807, 2.05) is 12.1 Å². The number of nitrogens with zero attached hydrogens (tertiary/aromatic N) is 3. The van der Waals surface area contributed by atoms with Crippen molar-refractivity contribution in [1.82, 2.24) is 9.80 Å². The predicted molar refractivity (Wildman–Crippen MR) is 139 cm³/mol. The van der Waals surface area contributed by atoms with Gasteiger partial charge in [0.2, 0.25) is 0 Å². The number of piperazine rings is 1. The molecule has 1 atom stereocenters. The third-order valence-electron chi connectivity index (χ3n) is 8.24. The first kappa shape index (κ1) is 24.1. The van der Waals surface area contributed by atoms with Crippen LogP contribution in [-0.2, 0) is 16.1 Å². The molecular weight excluding hydrogens is 438 g/mol. The van der Waals surface area contributed by atoms with Gasteiger partial charge in [-0.25, -0.2) is 0 Å². The maximum absolute atomic E-state index is 12.9. The molecule has 0 amide bonds. The minimum absolute atomic E-state index is 0.0517. The smallest absolute Gasteiger partial charge is 0.312 e. The summed E-state index contributed by atoms with van der Waals surface area (Å²) in [5.41, 5.74) is 3.65. The van der Waals surface area contributed by atoms with Crippen molar-refractivity contribution in [3.8, 4) is 5.75 Å². The molecule has 188 valence electrons. The zero-order chi connectivity index (χ0) is 24.3. The Morgan fingerprint density at radius 1 is 0.914 bits per heavy atom. The van der Waals surface area contributed by atoms with Crippen molar-refractivity contribution in [3.05, 3.63) is 59.7 Å². The Bertz CT molecular complexity index is 975. The van der Waals surface area contributed by atoms with Crippen LogP contribution in [0.4, 0.5) is 5.69 Å². The van der Waals surface area contributed by atoms with Crippen molar-refractivity contribution in [2.45, 2.75) is 45.3 Å². The number of anilines is 1. The average molecular weight is 478 g/mol. The van der Waals surface area contributed by atoms with Gasteiger partial charge in [0.25, 0.3) is 0 Å². The number of carbonyl (C=O) groups excluding carboxylic acids is 1. The van der Waals surface area contributed by atoms with Gasteiger partial charge < -0.3 is 14.4 Å². The summed E-state index contributed by atoms with van der Waals surface area (Å²) in [6.45, 7) is 10.2. The van der Waals surface area contributed by atoms with Crippen LogP contribution in [0.5, 0.6) is 5.75 Å². The summed E-state index contributed by atoms with van der Waals surface area (Å²) in [4.78, 5) is 20.4. The van der Waals surface area contributed by atoms with Gasteiger partial charge in [0.05, 0.1) is 12.5 Å². The summed E-state index contributed by atoms with van der Waals surface area (Å²) in [5, 5.41) is 0.